The van der Waals surface area contributed by atoms with Gasteiger partial charge in [0.25, 0.3) is 5.91 Å². The van der Waals surface area contributed by atoms with E-state index >= 15 is 0 Å². The van der Waals surface area contributed by atoms with Gasteiger partial charge >= 0.3 is 0 Å². The molecular formula is C17H22ClN5O. The number of aryl methyl sites for hydroxylation is 1. The molecule has 24 heavy (non-hydrogen) atoms. The van der Waals surface area contributed by atoms with Crippen LogP contribution in [0, 0.1) is 6.92 Å². The summed E-state index contributed by atoms with van der Waals surface area (Å²) in [6.45, 7) is 3.75. The minimum Gasteiger partial charge on any atom is -0.353 e. The van der Waals surface area contributed by atoms with Crippen molar-refractivity contribution in [3.63, 3.8) is 0 Å². The van der Waals surface area contributed by atoms with Gasteiger partial charge in [0.15, 0.2) is 0 Å². The molecule has 0 aliphatic rings. The molecule has 2 N–H and O–H groups in total. The Bertz CT molecular complexity index is 705. The maximum atomic E-state index is 12.3. The van der Waals surface area contributed by atoms with Crippen LogP contribution >= 0.6 is 11.6 Å². The van der Waals surface area contributed by atoms with Crippen molar-refractivity contribution in [2.75, 3.05) is 32.5 Å². The predicted octanol–water partition coefficient (Wildman–Crippen LogP) is 2.34. The van der Waals surface area contributed by atoms with Crippen LogP contribution in [-0.4, -0.2) is 48.0 Å². The van der Waals surface area contributed by atoms with Crippen LogP contribution in [0.1, 0.15) is 21.7 Å². The number of nitrogens with zero attached hydrogens (tertiary/aromatic N) is 3. The molecule has 7 heteroatoms. The molecule has 128 valence electrons. The zero-order valence-corrected chi connectivity index (χ0v) is 14.9. The zero-order valence-electron chi connectivity index (χ0n) is 14.1. The number of carbonyl (C=O) groups excluding carboxylic acids is 1. The van der Waals surface area contributed by atoms with E-state index in [9.17, 15) is 4.79 Å². The van der Waals surface area contributed by atoms with Crippen molar-refractivity contribution in [2.45, 2.75) is 13.5 Å². The summed E-state index contributed by atoms with van der Waals surface area (Å²) < 4.78 is 0. The highest BCUT2D eigenvalue weighted by Gasteiger charge is 2.11. The Labute approximate surface area is 147 Å². The maximum Gasteiger partial charge on any atom is 0.270 e. The Balaban J connectivity index is 2.00. The molecule has 0 aliphatic carbocycles. The normalized spacial score (nSPS) is 10.7. The van der Waals surface area contributed by atoms with Gasteiger partial charge in [-0.3, -0.25) is 4.79 Å². The molecule has 6 nitrogen and oxygen atoms in total. The summed E-state index contributed by atoms with van der Waals surface area (Å²) in [5.74, 6) is 0.204. The monoisotopic (exact) mass is 347 g/mol. The van der Waals surface area contributed by atoms with E-state index in [0.29, 0.717) is 29.8 Å². The number of aromatic nitrogens is 2. The van der Waals surface area contributed by atoms with E-state index in [-0.39, 0.29) is 5.91 Å². The van der Waals surface area contributed by atoms with Crippen molar-refractivity contribution in [3.8, 4) is 0 Å². The second-order valence-corrected chi connectivity index (χ2v) is 6.13. The minimum absolute atomic E-state index is 0.254. The molecule has 0 bridgehead atoms. The Hall–Kier alpha value is -2.18. The lowest BCUT2D eigenvalue weighted by atomic mass is 10.2. The molecule has 0 fully saturated rings. The van der Waals surface area contributed by atoms with Crippen LogP contribution in [0.2, 0.25) is 5.02 Å². The number of halogens is 1. The van der Waals surface area contributed by atoms with Gasteiger partial charge in [0.1, 0.15) is 5.69 Å². The average Bonchev–Trinajstić information content (AvgIpc) is 2.53. The highest BCUT2D eigenvalue weighted by molar-refractivity contribution is 6.31. The SMILES string of the molecule is Cc1cc(C(=O)NCc2ccccc2Cl)nc(NCCN(C)C)n1. The van der Waals surface area contributed by atoms with E-state index in [1.54, 1.807) is 12.1 Å². The summed E-state index contributed by atoms with van der Waals surface area (Å²) in [7, 11) is 3.98. The van der Waals surface area contributed by atoms with Crippen molar-refractivity contribution < 1.29 is 4.79 Å². The van der Waals surface area contributed by atoms with Crippen molar-refractivity contribution >= 4 is 23.5 Å². The number of hydrogen-bond acceptors (Lipinski definition) is 5. The molecule has 1 amide bonds. The van der Waals surface area contributed by atoms with Gasteiger partial charge in [-0.05, 0) is 38.7 Å². The van der Waals surface area contributed by atoms with Crippen molar-refractivity contribution in [2.24, 2.45) is 0 Å². The molecule has 1 heterocycles. The largest absolute Gasteiger partial charge is 0.353 e. The van der Waals surface area contributed by atoms with E-state index in [2.05, 4.69) is 25.5 Å². The highest BCUT2D eigenvalue weighted by Crippen LogP contribution is 2.14. The van der Waals surface area contributed by atoms with Crippen LogP contribution in [0.3, 0.4) is 0 Å². The summed E-state index contributed by atoms with van der Waals surface area (Å²) in [6.07, 6.45) is 0. The molecule has 0 unspecified atom stereocenters. The number of hydrogen-bond donors (Lipinski definition) is 2. The fourth-order valence-electron chi connectivity index (χ4n) is 2.06. The van der Waals surface area contributed by atoms with E-state index < -0.39 is 0 Å². The van der Waals surface area contributed by atoms with E-state index in [1.807, 2.05) is 39.2 Å². The summed E-state index contributed by atoms with van der Waals surface area (Å²) in [5, 5.41) is 6.59. The third kappa shape index (κ3) is 5.47. The Morgan fingerprint density at radius 2 is 2.00 bits per heavy atom. The van der Waals surface area contributed by atoms with Crippen LogP contribution < -0.4 is 10.6 Å². The summed E-state index contributed by atoms with van der Waals surface area (Å²) in [6, 6.07) is 9.08. The maximum absolute atomic E-state index is 12.3. The molecule has 0 atom stereocenters. The van der Waals surface area contributed by atoms with Gasteiger partial charge in [-0.1, -0.05) is 29.8 Å². The van der Waals surface area contributed by atoms with Crippen molar-refractivity contribution in [3.05, 3.63) is 52.3 Å². The van der Waals surface area contributed by atoms with Gasteiger partial charge in [-0.25, -0.2) is 9.97 Å². The second kappa shape index (κ2) is 8.61. The lowest BCUT2D eigenvalue weighted by Crippen LogP contribution is -2.25. The van der Waals surface area contributed by atoms with Gasteiger partial charge in [-0.15, -0.1) is 0 Å². The van der Waals surface area contributed by atoms with Crippen LogP contribution in [-0.2, 0) is 6.54 Å². The van der Waals surface area contributed by atoms with Gasteiger partial charge < -0.3 is 15.5 Å². The van der Waals surface area contributed by atoms with E-state index in [4.69, 9.17) is 11.6 Å². The summed E-state index contributed by atoms with van der Waals surface area (Å²) in [5.41, 5.74) is 1.93. The number of carbonyl (C=O) groups is 1. The smallest absolute Gasteiger partial charge is 0.270 e. The number of nitrogens with one attached hydrogen (secondary N) is 2. The first kappa shape index (κ1) is 18.2. The molecule has 0 aliphatic heterocycles. The number of benzene rings is 1. The average molecular weight is 348 g/mol. The number of amides is 1. The first-order valence-corrected chi connectivity index (χ1v) is 8.09. The molecule has 0 saturated heterocycles. The molecule has 0 saturated carbocycles. The first-order valence-electron chi connectivity index (χ1n) is 7.71. The first-order chi connectivity index (χ1) is 11.5. The lowest BCUT2D eigenvalue weighted by Gasteiger charge is -2.12. The Kier molecular flexibility index (Phi) is 6.52. The van der Waals surface area contributed by atoms with Crippen LogP contribution in [0.25, 0.3) is 0 Å². The van der Waals surface area contributed by atoms with Crippen molar-refractivity contribution in [1.29, 1.82) is 0 Å². The molecule has 2 aromatic rings. The van der Waals surface area contributed by atoms with Gasteiger partial charge in [-0.2, -0.15) is 0 Å². The summed E-state index contributed by atoms with van der Waals surface area (Å²) in [4.78, 5) is 23.0. The van der Waals surface area contributed by atoms with Gasteiger partial charge in [0.2, 0.25) is 5.95 Å². The number of anilines is 1. The standard InChI is InChI=1S/C17H22ClN5O/c1-12-10-15(22-17(21-12)19-8-9-23(2)3)16(24)20-11-13-6-4-5-7-14(13)18/h4-7,10H,8-9,11H2,1-3H3,(H,20,24)(H,19,21,22). The highest BCUT2D eigenvalue weighted by atomic mass is 35.5. The third-order valence-corrected chi connectivity index (χ3v) is 3.69. The molecule has 0 spiro atoms. The summed E-state index contributed by atoms with van der Waals surface area (Å²) >= 11 is 6.10. The molecule has 2 rings (SSSR count). The third-order valence-electron chi connectivity index (χ3n) is 3.33. The minimum atomic E-state index is -0.254. The van der Waals surface area contributed by atoms with Gasteiger partial charge in [0, 0.05) is 30.4 Å². The number of rotatable bonds is 7. The van der Waals surface area contributed by atoms with Gasteiger partial charge in [0.05, 0.1) is 0 Å². The predicted molar refractivity (Wildman–Crippen MR) is 96.4 cm³/mol. The second-order valence-electron chi connectivity index (χ2n) is 5.72. The Morgan fingerprint density at radius 1 is 1.25 bits per heavy atom. The quantitative estimate of drug-likeness (QED) is 0.804. The Morgan fingerprint density at radius 3 is 2.71 bits per heavy atom. The van der Waals surface area contributed by atoms with Crippen molar-refractivity contribution in [1.82, 2.24) is 20.2 Å². The molecular weight excluding hydrogens is 326 g/mol. The number of likely N-dealkylation sites (N-methyl/N-ethyl adjacent to an activating group) is 1. The fourth-order valence-corrected chi connectivity index (χ4v) is 2.27. The van der Waals surface area contributed by atoms with Crippen LogP contribution in [0.4, 0.5) is 5.95 Å². The molecule has 0 radical (unpaired) electrons. The van der Waals surface area contributed by atoms with E-state index in [1.165, 1.54) is 0 Å². The van der Waals surface area contributed by atoms with Crippen LogP contribution in [0.15, 0.2) is 30.3 Å². The lowest BCUT2D eigenvalue weighted by molar-refractivity contribution is 0.0946. The van der Waals surface area contributed by atoms with Crippen LogP contribution in [0.5, 0.6) is 0 Å². The zero-order chi connectivity index (χ0) is 17.5. The van der Waals surface area contributed by atoms with E-state index in [0.717, 1.165) is 17.8 Å². The molecule has 1 aromatic heterocycles. The topological polar surface area (TPSA) is 70.2 Å². The fraction of sp³-hybridized carbons (Fsp3) is 0.353. The molecule has 1 aromatic carbocycles.